The van der Waals surface area contributed by atoms with Crippen LogP contribution in [0, 0.1) is 16.7 Å². The van der Waals surface area contributed by atoms with Gasteiger partial charge in [0.05, 0.1) is 16.6 Å². The van der Waals surface area contributed by atoms with Gasteiger partial charge in [0.25, 0.3) is 0 Å². The van der Waals surface area contributed by atoms with Crippen LogP contribution in [0.25, 0.3) is 10.9 Å². The Morgan fingerprint density at radius 2 is 1.91 bits per heavy atom. The van der Waals surface area contributed by atoms with Crippen molar-refractivity contribution in [1.82, 2.24) is 4.98 Å². The molecule has 0 unspecified atom stereocenters. The number of amides is 2. The van der Waals surface area contributed by atoms with E-state index in [2.05, 4.69) is 18.8 Å². The summed E-state index contributed by atoms with van der Waals surface area (Å²) >= 11 is 0. The molecule has 23 heavy (non-hydrogen) atoms. The summed E-state index contributed by atoms with van der Waals surface area (Å²) in [6.07, 6.45) is 3.28. The number of anilines is 1. The molecule has 0 N–H and O–H groups in total. The predicted octanol–water partition coefficient (Wildman–Crippen LogP) is 3.55. The van der Waals surface area contributed by atoms with Gasteiger partial charge in [-0.05, 0) is 42.5 Å². The van der Waals surface area contributed by atoms with Crippen LogP contribution in [0.15, 0.2) is 36.5 Å². The number of rotatable bonds is 1. The average molecular weight is 308 g/mol. The summed E-state index contributed by atoms with van der Waals surface area (Å²) in [5, 5.41) is 0.847. The van der Waals surface area contributed by atoms with E-state index in [4.69, 9.17) is 0 Å². The first-order valence-electron chi connectivity index (χ1n) is 8.10. The van der Waals surface area contributed by atoms with Crippen LogP contribution in [-0.2, 0) is 9.59 Å². The van der Waals surface area contributed by atoms with Gasteiger partial charge in [-0.25, -0.2) is 4.90 Å². The molecule has 4 heteroatoms. The Bertz CT molecular complexity index is 837. The minimum Gasteiger partial charge on any atom is -0.274 e. The topological polar surface area (TPSA) is 50.3 Å². The summed E-state index contributed by atoms with van der Waals surface area (Å²) in [5.41, 5.74) is 0.684. The van der Waals surface area contributed by atoms with Crippen LogP contribution in [0.4, 0.5) is 5.69 Å². The second-order valence-electron chi connectivity index (χ2n) is 7.47. The number of hydrogen-bond acceptors (Lipinski definition) is 3. The second kappa shape index (κ2) is 4.40. The number of imide groups is 1. The summed E-state index contributed by atoms with van der Waals surface area (Å²) < 4.78 is 0. The Kier molecular flexibility index (Phi) is 2.75. The molecule has 2 atom stereocenters. The van der Waals surface area contributed by atoms with E-state index in [0.29, 0.717) is 5.69 Å². The van der Waals surface area contributed by atoms with Gasteiger partial charge < -0.3 is 0 Å². The van der Waals surface area contributed by atoms with Crippen molar-refractivity contribution in [3.05, 3.63) is 36.5 Å². The third-order valence-corrected chi connectivity index (χ3v) is 6.28. The summed E-state index contributed by atoms with van der Waals surface area (Å²) in [7, 11) is 0. The van der Waals surface area contributed by atoms with Gasteiger partial charge in [0.1, 0.15) is 0 Å². The highest BCUT2D eigenvalue weighted by Gasteiger charge is 2.64. The highest BCUT2D eigenvalue weighted by Crippen LogP contribution is 2.60. The van der Waals surface area contributed by atoms with Crippen LogP contribution in [0.1, 0.15) is 33.6 Å². The van der Waals surface area contributed by atoms with Gasteiger partial charge in [-0.3, -0.25) is 14.6 Å². The molecule has 1 aromatic carbocycles. The third kappa shape index (κ3) is 1.64. The lowest BCUT2D eigenvalue weighted by Gasteiger charge is -2.47. The molecule has 2 aromatic rings. The van der Waals surface area contributed by atoms with Crippen molar-refractivity contribution in [1.29, 1.82) is 0 Å². The van der Waals surface area contributed by atoms with Crippen LogP contribution in [0.3, 0.4) is 0 Å². The van der Waals surface area contributed by atoms with Gasteiger partial charge in [-0.15, -0.1) is 0 Å². The average Bonchev–Trinajstić information content (AvgIpc) is 2.72. The Morgan fingerprint density at radius 1 is 1.13 bits per heavy atom. The SMILES string of the molecule is CC1(C)[C@H]2CC[C@]1(C)C(=O)N(c1cccc3ncccc13)C2=O. The molecule has 1 aliphatic heterocycles. The minimum atomic E-state index is -0.490. The van der Waals surface area contributed by atoms with Crippen LogP contribution in [0.5, 0.6) is 0 Å². The third-order valence-electron chi connectivity index (χ3n) is 6.28. The van der Waals surface area contributed by atoms with Gasteiger partial charge in [-0.2, -0.15) is 0 Å². The molecule has 1 aliphatic carbocycles. The summed E-state index contributed by atoms with van der Waals surface area (Å²) in [6, 6.07) is 9.36. The summed E-state index contributed by atoms with van der Waals surface area (Å²) in [4.78, 5) is 32.1. The largest absolute Gasteiger partial charge is 0.274 e. The number of nitrogens with zero attached hydrogens (tertiary/aromatic N) is 2. The molecule has 4 rings (SSSR count). The van der Waals surface area contributed by atoms with E-state index in [-0.39, 0.29) is 23.1 Å². The zero-order valence-electron chi connectivity index (χ0n) is 13.7. The van der Waals surface area contributed by atoms with Crippen molar-refractivity contribution in [2.45, 2.75) is 33.6 Å². The van der Waals surface area contributed by atoms with E-state index in [1.54, 1.807) is 6.20 Å². The molecule has 118 valence electrons. The number of carbonyl (C=O) groups is 2. The van der Waals surface area contributed by atoms with Crippen LogP contribution >= 0.6 is 0 Å². The summed E-state index contributed by atoms with van der Waals surface area (Å²) in [6.45, 7) is 6.13. The standard InChI is InChI=1S/C19H20N2O2/c1-18(2)13-9-10-19(18,3)17(23)21(16(13)22)15-8-4-7-14-12(15)6-5-11-20-14/h4-8,11,13H,9-10H2,1-3H3/t13-,19+/m0/s1. The Hall–Kier alpha value is -2.23. The quantitative estimate of drug-likeness (QED) is 0.757. The Morgan fingerprint density at radius 3 is 2.70 bits per heavy atom. The Balaban J connectivity index is 1.93. The van der Waals surface area contributed by atoms with Crippen LogP contribution < -0.4 is 4.90 Å². The van der Waals surface area contributed by atoms with E-state index in [0.717, 1.165) is 23.7 Å². The molecule has 0 spiro atoms. The fraction of sp³-hybridized carbons (Fsp3) is 0.421. The first-order chi connectivity index (χ1) is 10.9. The van der Waals surface area contributed by atoms with Crippen molar-refractivity contribution in [3.8, 4) is 0 Å². The molecule has 2 amide bonds. The van der Waals surface area contributed by atoms with Crippen molar-refractivity contribution in [3.63, 3.8) is 0 Å². The smallest absolute Gasteiger partial charge is 0.240 e. The first-order valence-corrected chi connectivity index (χ1v) is 8.10. The maximum absolute atomic E-state index is 13.3. The molecular weight excluding hydrogens is 288 g/mol. The Labute approximate surface area is 135 Å². The molecule has 2 bridgehead atoms. The molecule has 0 radical (unpaired) electrons. The van der Waals surface area contributed by atoms with Gasteiger partial charge >= 0.3 is 0 Å². The lowest BCUT2D eigenvalue weighted by atomic mass is 9.62. The monoisotopic (exact) mass is 308 g/mol. The lowest BCUT2D eigenvalue weighted by Crippen LogP contribution is -2.59. The van der Waals surface area contributed by atoms with Gasteiger partial charge in [-0.1, -0.05) is 26.8 Å². The lowest BCUT2D eigenvalue weighted by molar-refractivity contribution is -0.146. The van der Waals surface area contributed by atoms with E-state index >= 15 is 0 Å². The fourth-order valence-electron chi connectivity index (χ4n) is 4.33. The van der Waals surface area contributed by atoms with Crippen LogP contribution in [-0.4, -0.2) is 16.8 Å². The maximum Gasteiger partial charge on any atom is 0.240 e. The van der Waals surface area contributed by atoms with E-state index in [1.165, 1.54) is 4.90 Å². The van der Waals surface area contributed by atoms with E-state index < -0.39 is 5.41 Å². The number of piperidine rings is 1. The number of hydrogen-bond donors (Lipinski definition) is 0. The highest BCUT2D eigenvalue weighted by molar-refractivity contribution is 6.23. The first kappa shape index (κ1) is 14.4. The zero-order valence-corrected chi connectivity index (χ0v) is 13.7. The molecule has 2 aliphatic rings. The number of benzene rings is 1. The second-order valence-corrected chi connectivity index (χ2v) is 7.47. The fourth-order valence-corrected chi connectivity index (χ4v) is 4.33. The normalized spacial score (nSPS) is 29.3. The number of carbonyl (C=O) groups excluding carboxylic acids is 2. The molecule has 4 nitrogen and oxygen atoms in total. The minimum absolute atomic E-state index is 0.0636. The molecule has 1 saturated heterocycles. The molecule has 2 fully saturated rings. The highest BCUT2D eigenvalue weighted by atomic mass is 16.2. The van der Waals surface area contributed by atoms with E-state index in [9.17, 15) is 9.59 Å². The molecule has 2 heterocycles. The molecule has 1 aromatic heterocycles. The number of fused-ring (bicyclic) bond motifs is 3. The van der Waals surface area contributed by atoms with Crippen molar-refractivity contribution in [2.24, 2.45) is 16.7 Å². The predicted molar refractivity (Wildman–Crippen MR) is 88.8 cm³/mol. The molecular formula is C19H20N2O2. The van der Waals surface area contributed by atoms with Gasteiger partial charge in [0.2, 0.25) is 11.8 Å². The number of aromatic nitrogens is 1. The van der Waals surface area contributed by atoms with E-state index in [1.807, 2.05) is 37.3 Å². The van der Waals surface area contributed by atoms with Gasteiger partial charge in [0.15, 0.2) is 0 Å². The van der Waals surface area contributed by atoms with Crippen molar-refractivity contribution in [2.75, 3.05) is 4.90 Å². The van der Waals surface area contributed by atoms with Crippen molar-refractivity contribution < 1.29 is 9.59 Å². The maximum atomic E-state index is 13.3. The van der Waals surface area contributed by atoms with Crippen molar-refractivity contribution >= 4 is 28.4 Å². The number of pyridine rings is 1. The molecule has 1 saturated carbocycles. The zero-order chi connectivity index (χ0) is 16.4. The summed E-state index contributed by atoms with van der Waals surface area (Å²) in [5.74, 6) is -0.235. The van der Waals surface area contributed by atoms with Gasteiger partial charge in [0, 0.05) is 17.5 Å². The van der Waals surface area contributed by atoms with Crippen LogP contribution in [0.2, 0.25) is 0 Å².